The van der Waals surface area contributed by atoms with Crippen LogP contribution in [-0.2, 0) is 6.42 Å². The summed E-state index contributed by atoms with van der Waals surface area (Å²) in [7, 11) is 0. The molecule has 0 radical (unpaired) electrons. The zero-order valence-electron chi connectivity index (χ0n) is 14.1. The van der Waals surface area contributed by atoms with Crippen LogP contribution >= 0.6 is 0 Å². The Kier molecular flexibility index (Phi) is 3.93. The topological polar surface area (TPSA) is 53.3 Å². The van der Waals surface area contributed by atoms with Crippen LogP contribution in [0.25, 0.3) is 0 Å². The number of nitriles is 1. The van der Waals surface area contributed by atoms with Gasteiger partial charge in [0.15, 0.2) is 0 Å². The summed E-state index contributed by atoms with van der Waals surface area (Å²) >= 11 is 0. The molecule has 126 valence electrons. The van der Waals surface area contributed by atoms with E-state index in [4.69, 9.17) is 10.00 Å². The third-order valence-corrected chi connectivity index (χ3v) is 5.37. The van der Waals surface area contributed by atoms with Crippen LogP contribution in [0.1, 0.15) is 40.7 Å². The second-order valence-corrected chi connectivity index (χ2v) is 6.87. The summed E-state index contributed by atoms with van der Waals surface area (Å²) in [5.41, 5.74) is 2.37. The van der Waals surface area contributed by atoms with Gasteiger partial charge in [-0.3, -0.25) is 4.79 Å². The van der Waals surface area contributed by atoms with Gasteiger partial charge in [0.1, 0.15) is 11.4 Å². The van der Waals surface area contributed by atoms with Gasteiger partial charge in [-0.05, 0) is 48.7 Å². The van der Waals surface area contributed by atoms with Gasteiger partial charge in [0.25, 0.3) is 5.91 Å². The molecule has 0 aromatic heterocycles. The summed E-state index contributed by atoms with van der Waals surface area (Å²) in [6, 6.07) is 17.2. The van der Waals surface area contributed by atoms with Crippen LogP contribution in [0.15, 0.2) is 48.5 Å². The van der Waals surface area contributed by atoms with Crippen molar-refractivity contribution in [1.82, 2.24) is 4.90 Å². The number of piperidine rings is 1. The SMILES string of the molecule is N#Cc1ccc(C(=O)N2CCC3(CCc4ccccc4O3)CC2)cc1. The van der Waals surface area contributed by atoms with E-state index in [1.54, 1.807) is 24.3 Å². The molecule has 2 aliphatic rings. The molecular weight excluding hydrogens is 312 g/mol. The van der Waals surface area contributed by atoms with Crippen molar-refractivity contribution in [3.05, 3.63) is 65.2 Å². The van der Waals surface area contributed by atoms with Gasteiger partial charge in [0.2, 0.25) is 0 Å². The van der Waals surface area contributed by atoms with E-state index < -0.39 is 0 Å². The van der Waals surface area contributed by atoms with Crippen LogP contribution < -0.4 is 4.74 Å². The Labute approximate surface area is 147 Å². The van der Waals surface area contributed by atoms with E-state index in [1.807, 2.05) is 17.0 Å². The van der Waals surface area contributed by atoms with Gasteiger partial charge in [-0.15, -0.1) is 0 Å². The van der Waals surface area contributed by atoms with Gasteiger partial charge < -0.3 is 9.64 Å². The van der Waals surface area contributed by atoms with Crippen molar-refractivity contribution in [2.45, 2.75) is 31.3 Å². The molecule has 0 bridgehead atoms. The lowest BCUT2D eigenvalue weighted by Crippen LogP contribution is -2.51. The first-order chi connectivity index (χ1) is 12.2. The Morgan fingerprint density at radius 1 is 1.04 bits per heavy atom. The average molecular weight is 332 g/mol. The zero-order valence-corrected chi connectivity index (χ0v) is 14.1. The predicted molar refractivity (Wildman–Crippen MR) is 94.4 cm³/mol. The van der Waals surface area contributed by atoms with Gasteiger partial charge in [-0.1, -0.05) is 18.2 Å². The molecule has 1 fully saturated rings. The number of benzene rings is 2. The van der Waals surface area contributed by atoms with Crippen LogP contribution in [0.5, 0.6) is 5.75 Å². The van der Waals surface area contributed by atoms with E-state index in [0.29, 0.717) is 24.2 Å². The highest BCUT2D eigenvalue weighted by molar-refractivity contribution is 5.94. The quantitative estimate of drug-likeness (QED) is 0.802. The average Bonchev–Trinajstić information content (AvgIpc) is 2.68. The fourth-order valence-corrected chi connectivity index (χ4v) is 3.80. The molecule has 4 rings (SSSR count). The van der Waals surface area contributed by atoms with Gasteiger partial charge >= 0.3 is 0 Å². The van der Waals surface area contributed by atoms with E-state index in [1.165, 1.54) is 5.56 Å². The van der Waals surface area contributed by atoms with Crippen molar-refractivity contribution < 1.29 is 9.53 Å². The second-order valence-electron chi connectivity index (χ2n) is 6.87. The Morgan fingerprint density at radius 3 is 2.48 bits per heavy atom. The second kappa shape index (κ2) is 6.25. The van der Waals surface area contributed by atoms with Crippen LogP contribution in [0.4, 0.5) is 0 Å². The summed E-state index contributed by atoms with van der Waals surface area (Å²) < 4.78 is 6.35. The molecule has 0 unspecified atom stereocenters. The standard InChI is InChI=1S/C21H20N2O2/c22-15-16-5-7-18(8-6-16)20(24)23-13-11-21(12-14-23)10-9-17-3-1-2-4-19(17)25-21/h1-8H,9-14H2. The zero-order chi connectivity index (χ0) is 17.3. The summed E-state index contributed by atoms with van der Waals surface area (Å²) in [5.74, 6) is 1.04. The minimum atomic E-state index is -0.129. The molecule has 1 saturated heterocycles. The molecule has 1 spiro atoms. The number of hydrogen-bond donors (Lipinski definition) is 0. The Bertz CT molecular complexity index is 828. The first-order valence-corrected chi connectivity index (χ1v) is 8.75. The van der Waals surface area contributed by atoms with Crippen molar-refractivity contribution in [1.29, 1.82) is 5.26 Å². The fraction of sp³-hybridized carbons (Fsp3) is 0.333. The molecule has 1 amide bonds. The molecule has 0 atom stereocenters. The fourth-order valence-electron chi connectivity index (χ4n) is 3.80. The van der Waals surface area contributed by atoms with Gasteiger partial charge in [-0.25, -0.2) is 0 Å². The first kappa shape index (κ1) is 15.7. The molecule has 4 nitrogen and oxygen atoms in total. The van der Waals surface area contributed by atoms with E-state index in [9.17, 15) is 4.79 Å². The number of aryl methyl sites for hydroxylation is 1. The minimum absolute atomic E-state index is 0.0375. The Balaban J connectivity index is 1.43. The molecule has 4 heteroatoms. The number of likely N-dealkylation sites (tertiary alicyclic amines) is 1. The normalized spacial score (nSPS) is 18.1. The van der Waals surface area contributed by atoms with Crippen molar-refractivity contribution in [2.24, 2.45) is 0 Å². The number of carbonyl (C=O) groups excluding carboxylic acids is 1. The number of nitrogens with zero attached hydrogens (tertiary/aromatic N) is 2. The molecule has 2 aromatic rings. The lowest BCUT2D eigenvalue weighted by atomic mass is 9.83. The van der Waals surface area contributed by atoms with Crippen molar-refractivity contribution in [3.8, 4) is 11.8 Å². The van der Waals surface area contributed by atoms with E-state index in [-0.39, 0.29) is 11.5 Å². The molecule has 2 aromatic carbocycles. The first-order valence-electron chi connectivity index (χ1n) is 8.75. The molecule has 0 N–H and O–H groups in total. The number of hydrogen-bond acceptors (Lipinski definition) is 3. The highest BCUT2D eigenvalue weighted by Crippen LogP contribution is 2.39. The molecule has 25 heavy (non-hydrogen) atoms. The Morgan fingerprint density at radius 2 is 1.76 bits per heavy atom. The summed E-state index contributed by atoms with van der Waals surface area (Å²) in [4.78, 5) is 14.6. The molecule has 0 aliphatic carbocycles. The van der Waals surface area contributed by atoms with Gasteiger partial charge in [0.05, 0.1) is 11.6 Å². The number of amides is 1. The van der Waals surface area contributed by atoms with Crippen molar-refractivity contribution in [3.63, 3.8) is 0 Å². The predicted octanol–water partition coefficient (Wildman–Crippen LogP) is 3.56. The van der Waals surface area contributed by atoms with Crippen LogP contribution in [0.3, 0.4) is 0 Å². The van der Waals surface area contributed by atoms with Crippen molar-refractivity contribution in [2.75, 3.05) is 13.1 Å². The molecule has 0 saturated carbocycles. The molecule has 2 aliphatic heterocycles. The summed E-state index contributed by atoms with van der Waals surface area (Å²) in [5, 5.41) is 8.87. The maximum absolute atomic E-state index is 12.7. The highest BCUT2D eigenvalue weighted by Gasteiger charge is 2.40. The van der Waals surface area contributed by atoms with Crippen LogP contribution in [-0.4, -0.2) is 29.5 Å². The largest absolute Gasteiger partial charge is 0.487 e. The third kappa shape index (κ3) is 2.98. The van der Waals surface area contributed by atoms with E-state index >= 15 is 0 Å². The Hall–Kier alpha value is -2.80. The maximum Gasteiger partial charge on any atom is 0.253 e. The van der Waals surface area contributed by atoms with Crippen molar-refractivity contribution >= 4 is 5.91 Å². The summed E-state index contributed by atoms with van der Waals surface area (Å²) in [6.45, 7) is 1.42. The lowest BCUT2D eigenvalue weighted by Gasteiger charge is -2.44. The monoisotopic (exact) mass is 332 g/mol. The lowest BCUT2D eigenvalue weighted by molar-refractivity contribution is -0.0106. The van der Waals surface area contributed by atoms with E-state index in [2.05, 4.69) is 18.2 Å². The van der Waals surface area contributed by atoms with Gasteiger partial charge in [0, 0.05) is 31.5 Å². The minimum Gasteiger partial charge on any atom is -0.487 e. The highest BCUT2D eigenvalue weighted by atomic mass is 16.5. The smallest absolute Gasteiger partial charge is 0.253 e. The number of para-hydroxylation sites is 1. The molecular formula is C21H20N2O2. The number of fused-ring (bicyclic) bond motifs is 1. The van der Waals surface area contributed by atoms with E-state index in [0.717, 1.165) is 31.4 Å². The van der Waals surface area contributed by atoms with Crippen LogP contribution in [0.2, 0.25) is 0 Å². The number of ether oxygens (including phenoxy) is 1. The maximum atomic E-state index is 12.7. The summed E-state index contributed by atoms with van der Waals surface area (Å²) in [6.07, 6.45) is 3.79. The molecule has 2 heterocycles. The van der Waals surface area contributed by atoms with Gasteiger partial charge in [-0.2, -0.15) is 5.26 Å². The third-order valence-electron chi connectivity index (χ3n) is 5.37. The number of rotatable bonds is 1. The number of carbonyl (C=O) groups is 1. The van der Waals surface area contributed by atoms with Crippen LogP contribution in [0, 0.1) is 11.3 Å².